The highest BCUT2D eigenvalue weighted by atomic mass is 79.9. The number of nitrogens with zero attached hydrogens (tertiary/aromatic N) is 1. The van der Waals surface area contributed by atoms with Crippen molar-refractivity contribution in [2.75, 3.05) is 5.32 Å². The molecule has 0 saturated carbocycles. The van der Waals surface area contributed by atoms with Crippen molar-refractivity contribution in [3.63, 3.8) is 0 Å². The Morgan fingerprint density at radius 1 is 1.35 bits per heavy atom. The lowest BCUT2D eigenvalue weighted by molar-refractivity contribution is 0.102. The van der Waals surface area contributed by atoms with Gasteiger partial charge in [0.1, 0.15) is 11.9 Å². The van der Waals surface area contributed by atoms with Crippen LogP contribution >= 0.6 is 27.5 Å². The Labute approximate surface area is 128 Å². The number of carbonyl (C=O) groups is 1. The Balaban J connectivity index is 2.29. The monoisotopic (exact) mass is 352 g/mol. The van der Waals surface area contributed by atoms with Crippen LogP contribution in [0.1, 0.15) is 15.9 Å². The molecular formula is C14H7BrClFN2O. The summed E-state index contributed by atoms with van der Waals surface area (Å²) in [5.41, 5.74) is 0.516. The molecule has 3 nitrogen and oxygen atoms in total. The first-order valence-corrected chi connectivity index (χ1v) is 6.65. The number of carbonyl (C=O) groups excluding carboxylic acids is 1. The molecule has 0 aliphatic heterocycles. The van der Waals surface area contributed by atoms with Gasteiger partial charge in [0, 0.05) is 5.69 Å². The number of nitrogens with one attached hydrogen (secondary N) is 1. The molecule has 0 unspecified atom stereocenters. The van der Waals surface area contributed by atoms with Crippen LogP contribution in [0.3, 0.4) is 0 Å². The Morgan fingerprint density at radius 2 is 2.10 bits per heavy atom. The number of benzene rings is 2. The van der Waals surface area contributed by atoms with E-state index >= 15 is 0 Å². The molecule has 0 radical (unpaired) electrons. The normalized spacial score (nSPS) is 9.90. The van der Waals surface area contributed by atoms with Gasteiger partial charge < -0.3 is 5.32 Å². The largest absolute Gasteiger partial charge is 0.322 e. The molecule has 2 aromatic rings. The number of hydrogen-bond donors (Lipinski definition) is 1. The standard InChI is InChI=1S/C14H7BrClFN2O/c15-11-3-1-2-10(13(11)17)14(20)19-9-4-5-12(16)8(6-9)7-18/h1-6H,(H,19,20). The van der Waals surface area contributed by atoms with E-state index in [0.29, 0.717) is 10.7 Å². The molecule has 0 fully saturated rings. The van der Waals surface area contributed by atoms with E-state index in [9.17, 15) is 9.18 Å². The predicted molar refractivity (Wildman–Crippen MR) is 78.2 cm³/mol. The van der Waals surface area contributed by atoms with E-state index in [4.69, 9.17) is 16.9 Å². The maximum atomic E-state index is 13.8. The molecule has 0 aliphatic carbocycles. The first-order valence-electron chi connectivity index (χ1n) is 5.48. The number of rotatable bonds is 2. The van der Waals surface area contributed by atoms with Gasteiger partial charge in [0.25, 0.3) is 5.91 Å². The van der Waals surface area contributed by atoms with Crippen molar-refractivity contribution in [1.29, 1.82) is 5.26 Å². The maximum Gasteiger partial charge on any atom is 0.258 e. The van der Waals surface area contributed by atoms with Crippen molar-refractivity contribution in [2.24, 2.45) is 0 Å². The van der Waals surface area contributed by atoms with Crippen molar-refractivity contribution in [1.82, 2.24) is 0 Å². The molecular weight excluding hydrogens is 347 g/mol. The molecule has 0 atom stereocenters. The summed E-state index contributed by atoms with van der Waals surface area (Å²) in [4.78, 5) is 12.0. The third kappa shape index (κ3) is 2.98. The minimum atomic E-state index is -0.639. The SMILES string of the molecule is N#Cc1cc(NC(=O)c2cccc(Br)c2F)ccc1Cl. The van der Waals surface area contributed by atoms with Crippen LogP contribution in [0.15, 0.2) is 40.9 Å². The third-order valence-corrected chi connectivity index (χ3v) is 3.48. The lowest BCUT2D eigenvalue weighted by Crippen LogP contribution is -2.14. The van der Waals surface area contributed by atoms with Crippen LogP contribution in [0.25, 0.3) is 0 Å². The van der Waals surface area contributed by atoms with Crippen LogP contribution in [-0.2, 0) is 0 Å². The Bertz CT molecular complexity index is 728. The number of amides is 1. The molecule has 0 aromatic heterocycles. The number of halogens is 3. The first kappa shape index (κ1) is 14.5. The van der Waals surface area contributed by atoms with Gasteiger partial charge in [-0.2, -0.15) is 5.26 Å². The van der Waals surface area contributed by atoms with E-state index in [1.807, 2.05) is 6.07 Å². The maximum absolute atomic E-state index is 13.8. The molecule has 0 spiro atoms. The van der Waals surface area contributed by atoms with Gasteiger partial charge in [-0.1, -0.05) is 17.7 Å². The third-order valence-electron chi connectivity index (χ3n) is 2.54. The summed E-state index contributed by atoms with van der Waals surface area (Å²) in [7, 11) is 0. The summed E-state index contributed by atoms with van der Waals surface area (Å²) >= 11 is 8.81. The van der Waals surface area contributed by atoms with Crippen LogP contribution in [0.4, 0.5) is 10.1 Å². The van der Waals surface area contributed by atoms with Crippen LogP contribution in [0, 0.1) is 17.1 Å². The highest BCUT2D eigenvalue weighted by molar-refractivity contribution is 9.10. The lowest BCUT2D eigenvalue weighted by atomic mass is 10.1. The fourth-order valence-corrected chi connectivity index (χ4v) is 2.09. The summed E-state index contributed by atoms with van der Waals surface area (Å²) < 4.78 is 14.0. The minimum Gasteiger partial charge on any atom is -0.322 e. The zero-order valence-electron chi connectivity index (χ0n) is 9.95. The van der Waals surface area contributed by atoms with Crippen LogP contribution in [-0.4, -0.2) is 5.91 Å². The average molecular weight is 354 g/mol. The van der Waals surface area contributed by atoms with E-state index in [0.717, 1.165) is 0 Å². The Hall–Kier alpha value is -1.90. The Morgan fingerprint density at radius 3 is 2.80 bits per heavy atom. The van der Waals surface area contributed by atoms with Crippen molar-refractivity contribution < 1.29 is 9.18 Å². The molecule has 2 rings (SSSR count). The van der Waals surface area contributed by atoms with E-state index in [2.05, 4.69) is 21.2 Å². The summed E-state index contributed by atoms with van der Waals surface area (Å²) in [5, 5.41) is 11.7. The molecule has 1 amide bonds. The fraction of sp³-hybridized carbons (Fsp3) is 0. The quantitative estimate of drug-likeness (QED) is 0.872. The van der Waals surface area contributed by atoms with E-state index in [1.54, 1.807) is 6.07 Å². The molecule has 1 N–H and O–H groups in total. The Kier molecular flexibility index (Phi) is 4.38. The van der Waals surface area contributed by atoms with Crippen LogP contribution in [0.2, 0.25) is 5.02 Å². The smallest absolute Gasteiger partial charge is 0.258 e. The fourth-order valence-electron chi connectivity index (χ4n) is 1.57. The molecule has 20 heavy (non-hydrogen) atoms. The average Bonchev–Trinajstić information content (AvgIpc) is 2.43. The van der Waals surface area contributed by atoms with Crippen LogP contribution < -0.4 is 5.32 Å². The molecule has 0 aliphatic rings. The van der Waals surface area contributed by atoms with Gasteiger partial charge in [0.15, 0.2) is 0 Å². The minimum absolute atomic E-state index is 0.0900. The van der Waals surface area contributed by atoms with Gasteiger partial charge in [-0.25, -0.2) is 4.39 Å². The van der Waals surface area contributed by atoms with Gasteiger partial charge in [-0.3, -0.25) is 4.79 Å². The highest BCUT2D eigenvalue weighted by Gasteiger charge is 2.14. The first-order chi connectivity index (χ1) is 9.52. The van der Waals surface area contributed by atoms with Gasteiger partial charge in [-0.05, 0) is 46.3 Å². The van der Waals surface area contributed by atoms with Crippen molar-refractivity contribution in [3.8, 4) is 6.07 Å². The number of anilines is 1. The molecule has 0 saturated heterocycles. The van der Waals surface area contributed by atoms with Gasteiger partial charge in [0.2, 0.25) is 0 Å². The number of hydrogen-bond acceptors (Lipinski definition) is 2. The second-order valence-electron chi connectivity index (χ2n) is 3.86. The summed E-state index contributed by atoms with van der Waals surface area (Å²) in [5.74, 6) is -1.24. The summed E-state index contributed by atoms with van der Waals surface area (Å²) in [6, 6.07) is 10.8. The second kappa shape index (κ2) is 6.04. The zero-order valence-corrected chi connectivity index (χ0v) is 12.3. The molecule has 0 heterocycles. The predicted octanol–water partition coefficient (Wildman–Crippen LogP) is 4.37. The molecule has 100 valence electrons. The topological polar surface area (TPSA) is 52.9 Å². The van der Waals surface area contributed by atoms with Crippen molar-refractivity contribution >= 4 is 39.1 Å². The van der Waals surface area contributed by atoms with Gasteiger partial charge in [0.05, 0.1) is 20.6 Å². The van der Waals surface area contributed by atoms with E-state index in [-0.39, 0.29) is 15.6 Å². The lowest BCUT2D eigenvalue weighted by Gasteiger charge is -2.07. The van der Waals surface area contributed by atoms with Gasteiger partial charge in [-0.15, -0.1) is 0 Å². The molecule has 2 aromatic carbocycles. The number of nitriles is 1. The highest BCUT2D eigenvalue weighted by Crippen LogP contribution is 2.22. The van der Waals surface area contributed by atoms with Crippen molar-refractivity contribution in [2.45, 2.75) is 0 Å². The zero-order chi connectivity index (χ0) is 14.7. The summed E-state index contributed by atoms with van der Waals surface area (Å²) in [6.45, 7) is 0. The van der Waals surface area contributed by atoms with Crippen molar-refractivity contribution in [3.05, 3.63) is 62.8 Å². The summed E-state index contributed by atoms with van der Waals surface area (Å²) in [6.07, 6.45) is 0. The van der Waals surface area contributed by atoms with Gasteiger partial charge >= 0.3 is 0 Å². The second-order valence-corrected chi connectivity index (χ2v) is 5.12. The van der Waals surface area contributed by atoms with E-state index < -0.39 is 11.7 Å². The molecule has 6 heteroatoms. The van der Waals surface area contributed by atoms with E-state index in [1.165, 1.54) is 30.3 Å². The molecule has 0 bridgehead atoms. The van der Waals surface area contributed by atoms with Crippen LogP contribution in [0.5, 0.6) is 0 Å².